The molecular weight excluding hydrogens is 315 g/mol. The van der Waals surface area contributed by atoms with Gasteiger partial charge in [-0.15, -0.1) is 0 Å². The minimum atomic E-state index is -0.319. The molecule has 0 spiro atoms. The van der Waals surface area contributed by atoms with Crippen molar-refractivity contribution < 1.29 is 4.39 Å². The number of guanidine groups is 1. The average Bonchev–Trinajstić information content (AvgIpc) is 2.45. The first kappa shape index (κ1) is 19.7. The molecule has 1 rings (SSSR count). The zero-order valence-electron chi connectivity index (χ0n) is 14.7. The number of hydrogen-bond acceptors (Lipinski definition) is 2. The van der Waals surface area contributed by atoms with E-state index in [1.165, 1.54) is 12.1 Å². The van der Waals surface area contributed by atoms with Crippen molar-refractivity contribution >= 4 is 17.6 Å². The van der Waals surface area contributed by atoms with Gasteiger partial charge in [-0.2, -0.15) is 0 Å². The van der Waals surface area contributed by atoms with Crippen LogP contribution in [0.4, 0.5) is 4.39 Å². The number of rotatable bonds is 7. The predicted molar refractivity (Wildman–Crippen MR) is 97.0 cm³/mol. The number of nitrogens with one attached hydrogen (secondary N) is 2. The zero-order chi connectivity index (χ0) is 17.5. The van der Waals surface area contributed by atoms with Crippen LogP contribution in [0.5, 0.6) is 0 Å². The van der Waals surface area contributed by atoms with Crippen LogP contribution in [-0.4, -0.2) is 51.6 Å². The topological polar surface area (TPSA) is 39.7 Å². The van der Waals surface area contributed by atoms with Crippen LogP contribution in [0.25, 0.3) is 0 Å². The summed E-state index contributed by atoms with van der Waals surface area (Å²) >= 11 is 6.18. The van der Waals surface area contributed by atoms with Crippen LogP contribution in [0.3, 0.4) is 0 Å². The number of benzene rings is 1. The van der Waals surface area contributed by atoms with Crippen molar-refractivity contribution in [2.75, 3.05) is 40.8 Å². The molecule has 23 heavy (non-hydrogen) atoms. The van der Waals surface area contributed by atoms with Crippen LogP contribution in [-0.2, 0) is 5.41 Å². The summed E-state index contributed by atoms with van der Waals surface area (Å²) in [6.07, 6.45) is 1.04. The number of aliphatic imine (C=N–C) groups is 1. The SMILES string of the molecule is CN=C(NCCCN(C)C)NCC(C)(C)c1ccc(F)cc1Cl. The van der Waals surface area contributed by atoms with Crippen LogP contribution >= 0.6 is 11.6 Å². The molecule has 1 aromatic rings. The summed E-state index contributed by atoms with van der Waals surface area (Å²) in [5.41, 5.74) is 0.669. The molecule has 130 valence electrons. The van der Waals surface area contributed by atoms with E-state index in [4.69, 9.17) is 11.6 Å². The smallest absolute Gasteiger partial charge is 0.191 e. The summed E-state index contributed by atoms with van der Waals surface area (Å²) in [6, 6.07) is 4.54. The molecule has 0 saturated heterocycles. The van der Waals surface area contributed by atoms with Crippen molar-refractivity contribution in [1.29, 1.82) is 0 Å². The van der Waals surface area contributed by atoms with Gasteiger partial charge in [0.25, 0.3) is 0 Å². The Kier molecular flexibility index (Phi) is 7.79. The second-order valence-electron chi connectivity index (χ2n) is 6.52. The van der Waals surface area contributed by atoms with Gasteiger partial charge in [0.2, 0.25) is 0 Å². The summed E-state index contributed by atoms with van der Waals surface area (Å²) in [5.74, 6) is 0.441. The van der Waals surface area contributed by atoms with Gasteiger partial charge in [-0.1, -0.05) is 31.5 Å². The van der Waals surface area contributed by atoms with Gasteiger partial charge in [0, 0.05) is 30.6 Å². The maximum Gasteiger partial charge on any atom is 0.191 e. The number of nitrogens with zero attached hydrogens (tertiary/aromatic N) is 2. The average molecular weight is 343 g/mol. The lowest BCUT2D eigenvalue weighted by Crippen LogP contribution is -2.44. The minimum Gasteiger partial charge on any atom is -0.356 e. The maximum absolute atomic E-state index is 13.2. The normalized spacial score (nSPS) is 12.6. The van der Waals surface area contributed by atoms with E-state index in [0.717, 1.165) is 31.0 Å². The Morgan fingerprint density at radius 2 is 2.00 bits per heavy atom. The first-order valence-corrected chi connectivity index (χ1v) is 8.19. The largest absolute Gasteiger partial charge is 0.356 e. The monoisotopic (exact) mass is 342 g/mol. The molecule has 0 atom stereocenters. The second kappa shape index (κ2) is 9.08. The van der Waals surface area contributed by atoms with E-state index in [1.54, 1.807) is 13.1 Å². The first-order chi connectivity index (χ1) is 10.8. The van der Waals surface area contributed by atoms with Crippen LogP contribution in [0, 0.1) is 5.82 Å². The molecule has 1 aromatic carbocycles. The number of halogens is 2. The van der Waals surface area contributed by atoms with Crippen molar-refractivity contribution in [3.63, 3.8) is 0 Å². The number of hydrogen-bond donors (Lipinski definition) is 2. The van der Waals surface area contributed by atoms with E-state index in [-0.39, 0.29) is 11.2 Å². The fourth-order valence-corrected chi connectivity index (χ4v) is 2.68. The second-order valence-corrected chi connectivity index (χ2v) is 6.92. The Hall–Kier alpha value is -1.33. The van der Waals surface area contributed by atoms with Gasteiger partial charge in [-0.05, 0) is 44.8 Å². The Morgan fingerprint density at radius 1 is 1.30 bits per heavy atom. The van der Waals surface area contributed by atoms with Gasteiger partial charge in [-0.3, -0.25) is 4.99 Å². The van der Waals surface area contributed by atoms with Crippen LogP contribution in [0.2, 0.25) is 5.02 Å². The molecule has 0 aliphatic rings. The third-order valence-electron chi connectivity index (χ3n) is 3.66. The predicted octanol–water partition coefficient (Wildman–Crippen LogP) is 2.87. The molecule has 0 radical (unpaired) electrons. The fourth-order valence-electron chi connectivity index (χ4n) is 2.26. The molecule has 0 amide bonds. The Morgan fingerprint density at radius 3 is 2.57 bits per heavy atom. The van der Waals surface area contributed by atoms with E-state index in [9.17, 15) is 4.39 Å². The summed E-state index contributed by atoms with van der Waals surface area (Å²) in [5, 5.41) is 7.05. The van der Waals surface area contributed by atoms with Crippen molar-refractivity contribution in [2.24, 2.45) is 4.99 Å². The van der Waals surface area contributed by atoms with Crippen molar-refractivity contribution in [1.82, 2.24) is 15.5 Å². The summed E-state index contributed by atoms with van der Waals surface area (Å²) in [4.78, 5) is 6.38. The summed E-state index contributed by atoms with van der Waals surface area (Å²) in [6.45, 7) is 6.67. The van der Waals surface area contributed by atoms with Crippen LogP contribution < -0.4 is 10.6 Å². The Balaban J connectivity index is 2.56. The van der Waals surface area contributed by atoms with Crippen molar-refractivity contribution in [3.05, 3.63) is 34.6 Å². The summed E-state index contributed by atoms with van der Waals surface area (Å²) < 4.78 is 13.2. The van der Waals surface area contributed by atoms with E-state index < -0.39 is 0 Å². The lowest BCUT2D eigenvalue weighted by atomic mass is 9.84. The Bertz CT molecular complexity index is 529. The van der Waals surface area contributed by atoms with E-state index in [2.05, 4.69) is 48.5 Å². The molecule has 0 bridgehead atoms. The lowest BCUT2D eigenvalue weighted by Gasteiger charge is -2.27. The highest BCUT2D eigenvalue weighted by Gasteiger charge is 2.24. The third kappa shape index (κ3) is 6.75. The van der Waals surface area contributed by atoms with Gasteiger partial charge in [0.05, 0.1) is 0 Å². The molecule has 6 heteroatoms. The van der Waals surface area contributed by atoms with E-state index in [1.807, 2.05) is 0 Å². The molecule has 0 heterocycles. The lowest BCUT2D eigenvalue weighted by molar-refractivity contribution is 0.399. The van der Waals surface area contributed by atoms with Crippen molar-refractivity contribution in [3.8, 4) is 0 Å². The van der Waals surface area contributed by atoms with Gasteiger partial charge in [-0.25, -0.2) is 4.39 Å². The maximum atomic E-state index is 13.2. The highest BCUT2D eigenvalue weighted by Crippen LogP contribution is 2.29. The molecule has 2 N–H and O–H groups in total. The Labute approximate surface area is 144 Å². The van der Waals surface area contributed by atoms with Gasteiger partial charge in [0.1, 0.15) is 5.82 Å². The van der Waals surface area contributed by atoms with Crippen molar-refractivity contribution in [2.45, 2.75) is 25.7 Å². The molecule has 0 aromatic heterocycles. The molecule has 0 aliphatic heterocycles. The first-order valence-electron chi connectivity index (χ1n) is 7.81. The van der Waals surface area contributed by atoms with E-state index in [0.29, 0.717) is 11.6 Å². The highest BCUT2D eigenvalue weighted by atomic mass is 35.5. The summed E-state index contributed by atoms with van der Waals surface area (Å²) in [7, 11) is 5.86. The fraction of sp³-hybridized carbons (Fsp3) is 0.588. The standard InChI is InChI=1S/C17H28ClFN4/c1-17(2,14-8-7-13(19)11-15(14)18)12-22-16(20-3)21-9-6-10-23(4)5/h7-8,11H,6,9-10,12H2,1-5H3,(H2,20,21,22). The molecule has 0 aliphatic carbocycles. The zero-order valence-corrected chi connectivity index (χ0v) is 15.5. The molecule has 0 unspecified atom stereocenters. The minimum absolute atomic E-state index is 0.244. The van der Waals surface area contributed by atoms with Crippen LogP contribution in [0.15, 0.2) is 23.2 Å². The molecule has 4 nitrogen and oxygen atoms in total. The highest BCUT2D eigenvalue weighted by molar-refractivity contribution is 6.31. The van der Waals surface area contributed by atoms with E-state index >= 15 is 0 Å². The quantitative estimate of drug-likeness (QED) is 0.455. The van der Waals surface area contributed by atoms with Gasteiger partial charge in [0.15, 0.2) is 5.96 Å². The van der Waals surface area contributed by atoms with Crippen LogP contribution in [0.1, 0.15) is 25.8 Å². The van der Waals surface area contributed by atoms with Gasteiger partial charge < -0.3 is 15.5 Å². The molecule has 0 fully saturated rings. The molecular formula is C17H28ClFN4. The third-order valence-corrected chi connectivity index (χ3v) is 3.97. The molecule has 0 saturated carbocycles. The van der Waals surface area contributed by atoms with Gasteiger partial charge >= 0.3 is 0 Å².